The van der Waals surface area contributed by atoms with E-state index >= 15 is 0 Å². The van der Waals surface area contributed by atoms with Crippen molar-refractivity contribution in [2.75, 3.05) is 0 Å². The van der Waals surface area contributed by atoms with Crippen LogP contribution >= 0.6 is 11.3 Å². The average molecular weight is 380 g/mol. The van der Waals surface area contributed by atoms with Crippen LogP contribution in [0.1, 0.15) is 44.7 Å². The number of amides is 1. The first-order chi connectivity index (χ1) is 12.9. The SMILES string of the molecule is Cc1nn(C)c(C)c1CC(C)NC(=O)c1cc2c(s1)-c1ccccc1CC2. The molecule has 0 aliphatic heterocycles. The molecule has 0 bridgehead atoms. The van der Waals surface area contributed by atoms with Crippen LogP contribution in [0, 0.1) is 13.8 Å². The van der Waals surface area contributed by atoms with Crippen molar-refractivity contribution in [2.24, 2.45) is 7.05 Å². The van der Waals surface area contributed by atoms with Crippen molar-refractivity contribution in [1.82, 2.24) is 15.1 Å². The Labute approximate surface area is 164 Å². The molecule has 27 heavy (non-hydrogen) atoms. The van der Waals surface area contributed by atoms with Gasteiger partial charge in [-0.25, -0.2) is 0 Å². The molecule has 0 fully saturated rings. The molecule has 1 aromatic carbocycles. The Balaban J connectivity index is 1.50. The molecule has 5 heteroatoms. The predicted octanol–water partition coefficient (Wildman–Crippen LogP) is 4.23. The Morgan fingerprint density at radius 3 is 2.74 bits per heavy atom. The van der Waals surface area contributed by atoms with Gasteiger partial charge in [0.25, 0.3) is 5.91 Å². The maximum absolute atomic E-state index is 12.8. The molecule has 1 aliphatic carbocycles. The second kappa shape index (κ2) is 6.97. The molecule has 1 amide bonds. The van der Waals surface area contributed by atoms with Crippen molar-refractivity contribution < 1.29 is 4.79 Å². The number of carbonyl (C=O) groups excluding carboxylic acids is 1. The molecule has 0 spiro atoms. The summed E-state index contributed by atoms with van der Waals surface area (Å²) < 4.78 is 1.91. The number of hydrogen-bond donors (Lipinski definition) is 1. The zero-order chi connectivity index (χ0) is 19.1. The van der Waals surface area contributed by atoms with Gasteiger partial charge in [-0.1, -0.05) is 24.3 Å². The fraction of sp³-hybridized carbons (Fsp3) is 0.364. The van der Waals surface area contributed by atoms with E-state index in [0.717, 1.165) is 35.5 Å². The monoisotopic (exact) mass is 379 g/mol. The van der Waals surface area contributed by atoms with Gasteiger partial charge in [-0.05, 0) is 68.4 Å². The quantitative estimate of drug-likeness (QED) is 0.738. The molecule has 0 saturated heterocycles. The lowest BCUT2D eigenvalue weighted by Crippen LogP contribution is -2.33. The zero-order valence-corrected chi connectivity index (χ0v) is 17.1. The third kappa shape index (κ3) is 3.32. The van der Waals surface area contributed by atoms with Crippen molar-refractivity contribution in [3.63, 3.8) is 0 Å². The first kappa shape index (κ1) is 18.0. The molecule has 140 valence electrons. The number of thiophene rings is 1. The lowest BCUT2D eigenvalue weighted by Gasteiger charge is -2.15. The minimum Gasteiger partial charge on any atom is -0.349 e. The standard InChI is InChI=1S/C22H25N3OS/c1-13(11-19-14(2)24-25(4)15(19)3)23-22(26)20-12-17-10-9-16-7-5-6-8-18(16)21(17)27-20/h5-8,12-13H,9-11H2,1-4H3,(H,23,26). The van der Waals surface area contributed by atoms with Crippen LogP contribution in [0.25, 0.3) is 10.4 Å². The fourth-order valence-electron chi connectivity index (χ4n) is 3.95. The third-order valence-corrected chi connectivity index (χ3v) is 6.71. The molecular formula is C22H25N3OS. The van der Waals surface area contributed by atoms with E-state index in [1.54, 1.807) is 11.3 Å². The molecule has 2 aromatic heterocycles. The highest BCUT2D eigenvalue weighted by Crippen LogP contribution is 2.39. The van der Waals surface area contributed by atoms with Crippen LogP contribution in [0.15, 0.2) is 30.3 Å². The van der Waals surface area contributed by atoms with Gasteiger partial charge in [0.15, 0.2) is 0 Å². The molecule has 1 unspecified atom stereocenters. The van der Waals surface area contributed by atoms with Gasteiger partial charge in [0.05, 0.1) is 10.6 Å². The van der Waals surface area contributed by atoms with Gasteiger partial charge in [-0.3, -0.25) is 9.48 Å². The summed E-state index contributed by atoms with van der Waals surface area (Å²) in [6.07, 6.45) is 2.86. The molecular weight excluding hydrogens is 354 g/mol. The van der Waals surface area contributed by atoms with Gasteiger partial charge in [0.1, 0.15) is 0 Å². The van der Waals surface area contributed by atoms with Crippen molar-refractivity contribution in [3.8, 4) is 10.4 Å². The Bertz CT molecular complexity index is 1010. The number of aryl methyl sites for hydroxylation is 4. The van der Waals surface area contributed by atoms with Crippen LogP contribution in [0.2, 0.25) is 0 Å². The summed E-state index contributed by atoms with van der Waals surface area (Å²) in [4.78, 5) is 14.9. The predicted molar refractivity (Wildman–Crippen MR) is 110 cm³/mol. The van der Waals surface area contributed by atoms with Crippen molar-refractivity contribution >= 4 is 17.2 Å². The summed E-state index contributed by atoms with van der Waals surface area (Å²) in [6, 6.07) is 10.7. The van der Waals surface area contributed by atoms with E-state index < -0.39 is 0 Å². The third-order valence-electron chi connectivity index (χ3n) is 5.51. The molecule has 0 radical (unpaired) electrons. The first-order valence-electron chi connectivity index (χ1n) is 9.45. The van der Waals surface area contributed by atoms with E-state index in [1.165, 1.54) is 27.1 Å². The summed E-state index contributed by atoms with van der Waals surface area (Å²) >= 11 is 1.62. The van der Waals surface area contributed by atoms with Crippen LogP contribution in [0.3, 0.4) is 0 Å². The van der Waals surface area contributed by atoms with E-state index in [1.807, 2.05) is 18.7 Å². The summed E-state index contributed by atoms with van der Waals surface area (Å²) in [5.41, 5.74) is 7.41. The lowest BCUT2D eigenvalue weighted by molar-refractivity contribution is 0.0944. The Hall–Kier alpha value is -2.40. The Kier molecular flexibility index (Phi) is 4.64. The van der Waals surface area contributed by atoms with Crippen LogP contribution < -0.4 is 5.32 Å². The topological polar surface area (TPSA) is 46.9 Å². The summed E-state index contributed by atoms with van der Waals surface area (Å²) in [5.74, 6) is 0.0265. The first-order valence-corrected chi connectivity index (χ1v) is 10.3. The maximum atomic E-state index is 12.8. The Morgan fingerprint density at radius 1 is 1.26 bits per heavy atom. The fourth-order valence-corrected chi connectivity index (χ4v) is 5.12. The van der Waals surface area contributed by atoms with Crippen LogP contribution in [0.5, 0.6) is 0 Å². The minimum atomic E-state index is 0.0265. The number of rotatable bonds is 4. The lowest BCUT2D eigenvalue weighted by atomic mass is 9.91. The van der Waals surface area contributed by atoms with Crippen molar-refractivity contribution in [3.05, 3.63) is 63.3 Å². The van der Waals surface area contributed by atoms with Crippen LogP contribution in [-0.4, -0.2) is 21.7 Å². The van der Waals surface area contributed by atoms with Gasteiger partial charge < -0.3 is 5.32 Å². The van der Waals surface area contributed by atoms with Crippen LogP contribution in [0.4, 0.5) is 0 Å². The van der Waals surface area contributed by atoms with Gasteiger partial charge in [-0.2, -0.15) is 5.10 Å². The highest BCUT2D eigenvalue weighted by atomic mass is 32.1. The van der Waals surface area contributed by atoms with Gasteiger partial charge in [0, 0.05) is 23.7 Å². The Morgan fingerprint density at radius 2 is 2.00 bits per heavy atom. The van der Waals surface area contributed by atoms with Gasteiger partial charge in [0.2, 0.25) is 0 Å². The highest BCUT2D eigenvalue weighted by Gasteiger charge is 2.22. The van der Waals surface area contributed by atoms with E-state index in [0.29, 0.717) is 0 Å². The zero-order valence-electron chi connectivity index (χ0n) is 16.3. The normalized spacial score (nSPS) is 13.8. The number of nitrogens with one attached hydrogen (secondary N) is 1. The second-order valence-corrected chi connectivity index (χ2v) is 8.53. The molecule has 1 aliphatic rings. The number of fused-ring (bicyclic) bond motifs is 3. The van der Waals surface area contributed by atoms with Crippen molar-refractivity contribution in [2.45, 2.75) is 46.1 Å². The molecule has 1 N–H and O–H groups in total. The van der Waals surface area contributed by atoms with Crippen LogP contribution in [-0.2, 0) is 26.3 Å². The minimum absolute atomic E-state index is 0.0265. The van der Waals surface area contributed by atoms with E-state index in [4.69, 9.17) is 0 Å². The van der Waals surface area contributed by atoms with Gasteiger partial charge >= 0.3 is 0 Å². The largest absolute Gasteiger partial charge is 0.349 e. The number of aromatic nitrogens is 2. The summed E-state index contributed by atoms with van der Waals surface area (Å²) in [6.45, 7) is 6.17. The van der Waals surface area contributed by atoms with E-state index in [2.05, 4.69) is 54.6 Å². The van der Waals surface area contributed by atoms with Crippen molar-refractivity contribution in [1.29, 1.82) is 0 Å². The number of nitrogens with zero attached hydrogens (tertiary/aromatic N) is 2. The molecule has 1 atom stereocenters. The maximum Gasteiger partial charge on any atom is 0.261 e. The molecule has 4 rings (SSSR count). The molecule has 4 nitrogen and oxygen atoms in total. The molecule has 2 heterocycles. The number of benzene rings is 1. The second-order valence-electron chi connectivity index (χ2n) is 7.47. The number of carbonyl (C=O) groups is 1. The smallest absolute Gasteiger partial charge is 0.261 e. The molecule has 0 saturated carbocycles. The highest BCUT2D eigenvalue weighted by molar-refractivity contribution is 7.17. The number of hydrogen-bond acceptors (Lipinski definition) is 3. The van der Waals surface area contributed by atoms with Gasteiger partial charge in [-0.15, -0.1) is 11.3 Å². The summed E-state index contributed by atoms with van der Waals surface area (Å²) in [5, 5.41) is 7.65. The summed E-state index contributed by atoms with van der Waals surface area (Å²) in [7, 11) is 1.96. The average Bonchev–Trinajstić information content (AvgIpc) is 3.19. The molecule has 3 aromatic rings. The van der Waals surface area contributed by atoms with E-state index in [9.17, 15) is 4.79 Å². The van der Waals surface area contributed by atoms with E-state index in [-0.39, 0.29) is 11.9 Å².